The molecule has 0 radical (unpaired) electrons. The van der Waals surface area contributed by atoms with Crippen molar-refractivity contribution in [3.05, 3.63) is 64.7 Å². The number of carbonyl (C=O) groups excluding carboxylic acids is 1. The molecule has 0 saturated heterocycles. The first kappa shape index (κ1) is 18.5. The maximum atomic E-state index is 12.7. The highest BCUT2D eigenvalue weighted by Crippen LogP contribution is 2.26. The van der Waals surface area contributed by atoms with Gasteiger partial charge in [0.1, 0.15) is 5.75 Å². The molecule has 0 heterocycles. The van der Waals surface area contributed by atoms with Crippen molar-refractivity contribution >= 4 is 5.91 Å². The topological polar surface area (TPSA) is 38.3 Å². The quantitative estimate of drug-likeness (QED) is 0.803. The van der Waals surface area contributed by atoms with Crippen molar-refractivity contribution in [2.75, 3.05) is 0 Å². The second-order valence-corrected chi connectivity index (χ2v) is 7.23. The summed E-state index contributed by atoms with van der Waals surface area (Å²) in [5.41, 5.74) is 5.15. The highest BCUT2D eigenvalue weighted by molar-refractivity contribution is 5.81. The normalized spacial score (nSPS) is 15.7. The van der Waals surface area contributed by atoms with Crippen LogP contribution in [0.15, 0.2) is 42.5 Å². The number of benzene rings is 2. The van der Waals surface area contributed by atoms with E-state index < -0.39 is 6.10 Å². The van der Waals surface area contributed by atoms with Crippen molar-refractivity contribution in [3.63, 3.8) is 0 Å². The molecule has 2 aromatic carbocycles. The first-order valence-corrected chi connectivity index (χ1v) is 9.73. The van der Waals surface area contributed by atoms with E-state index >= 15 is 0 Å². The molecule has 0 unspecified atom stereocenters. The van der Waals surface area contributed by atoms with E-state index in [1.165, 1.54) is 36.0 Å². The Bertz CT molecular complexity index is 769. The van der Waals surface area contributed by atoms with Crippen LogP contribution in [-0.2, 0) is 17.6 Å². The maximum absolute atomic E-state index is 12.7. The number of amides is 1. The fraction of sp³-hybridized carbons (Fsp3) is 0.435. The third-order valence-corrected chi connectivity index (χ3v) is 5.27. The molecule has 0 aliphatic heterocycles. The van der Waals surface area contributed by atoms with E-state index in [-0.39, 0.29) is 11.9 Å². The Labute approximate surface area is 156 Å². The second kappa shape index (κ2) is 8.39. The number of hydrogen-bond donors (Lipinski definition) is 1. The van der Waals surface area contributed by atoms with Crippen LogP contribution >= 0.6 is 0 Å². The van der Waals surface area contributed by atoms with Crippen LogP contribution in [0.1, 0.15) is 61.4 Å². The second-order valence-electron chi connectivity index (χ2n) is 7.23. The van der Waals surface area contributed by atoms with Gasteiger partial charge in [-0.15, -0.1) is 0 Å². The minimum absolute atomic E-state index is 0.0256. The molecule has 26 heavy (non-hydrogen) atoms. The molecule has 1 N–H and O–H groups in total. The van der Waals surface area contributed by atoms with Gasteiger partial charge in [-0.25, -0.2) is 0 Å². The standard InChI is InChI=1S/C23H29NO2/c1-4-21(20-14-13-18-10-6-7-11-19(18)15-20)24-23(25)17(3)26-22-12-8-5-9-16(22)2/h5,8-9,12-15,17,21H,4,6-7,10-11H2,1-3H3,(H,24,25)/t17-,21-/m0/s1. The van der Waals surface area contributed by atoms with Crippen LogP contribution < -0.4 is 10.1 Å². The van der Waals surface area contributed by atoms with Gasteiger partial charge in [0.05, 0.1) is 6.04 Å². The first-order chi connectivity index (χ1) is 12.6. The number of carbonyl (C=O) groups is 1. The Morgan fingerprint density at radius 3 is 2.58 bits per heavy atom. The van der Waals surface area contributed by atoms with Crippen molar-refractivity contribution < 1.29 is 9.53 Å². The largest absolute Gasteiger partial charge is 0.481 e. The molecule has 2 atom stereocenters. The van der Waals surface area contributed by atoms with E-state index in [1.54, 1.807) is 6.92 Å². The number of ether oxygens (including phenoxy) is 1. The number of hydrogen-bond acceptors (Lipinski definition) is 2. The third kappa shape index (κ3) is 4.27. The van der Waals surface area contributed by atoms with Gasteiger partial charge in [0.15, 0.2) is 6.10 Å². The van der Waals surface area contributed by atoms with Crippen molar-refractivity contribution in [2.45, 2.75) is 65.0 Å². The number of para-hydroxylation sites is 1. The van der Waals surface area contributed by atoms with E-state index in [2.05, 4.69) is 30.4 Å². The van der Waals surface area contributed by atoms with Gasteiger partial charge in [0.25, 0.3) is 5.91 Å². The minimum Gasteiger partial charge on any atom is -0.481 e. The molecular weight excluding hydrogens is 322 g/mol. The predicted octanol–water partition coefficient (Wildman–Crippen LogP) is 4.91. The maximum Gasteiger partial charge on any atom is 0.261 e. The molecule has 0 bridgehead atoms. The highest BCUT2D eigenvalue weighted by Gasteiger charge is 2.21. The number of rotatable bonds is 6. The van der Waals surface area contributed by atoms with Crippen molar-refractivity contribution in [2.24, 2.45) is 0 Å². The Morgan fingerprint density at radius 2 is 1.85 bits per heavy atom. The molecule has 1 amide bonds. The van der Waals surface area contributed by atoms with Crippen LogP contribution in [0, 0.1) is 6.92 Å². The molecule has 1 aliphatic rings. The fourth-order valence-electron chi connectivity index (χ4n) is 3.61. The summed E-state index contributed by atoms with van der Waals surface area (Å²) in [6, 6.07) is 14.5. The number of fused-ring (bicyclic) bond motifs is 1. The lowest BCUT2D eigenvalue weighted by molar-refractivity contribution is -0.128. The van der Waals surface area contributed by atoms with E-state index in [4.69, 9.17) is 4.74 Å². The molecular formula is C23H29NO2. The van der Waals surface area contributed by atoms with Gasteiger partial charge in [-0.1, -0.05) is 43.3 Å². The fourth-order valence-corrected chi connectivity index (χ4v) is 3.61. The van der Waals surface area contributed by atoms with Crippen molar-refractivity contribution in [1.82, 2.24) is 5.32 Å². The molecule has 3 rings (SSSR count). The van der Waals surface area contributed by atoms with Gasteiger partial charge in [-0.2, -0.15) is 0 Å². The van der Waals surface area contributed by atoms with Gasteiger partial charge >= 0.3 is 0 Å². The summed E-state index contributed by atoms with van der Waals surface area (Å²) >= 11 is 0. The minimum atomic E-state index is -0.525. The Kier molecular flexibility index (Phi) is 5.97. The van der Waals surface area contributed by atoms with Crippen LogP contribution in [-0.4, -0.2) is 12.0 Å². The zero-order valence-corrected chi connectivity index (χ0v) is 16.0. The molecule has 0 aromatic heterocycles. The molecule has 3 heteroatoms. The monoisotopic (exact) mass is 351 g/mol. The number of aryl methyl sites for hydroxylation is 3. The lowest BCUT2D eigenvalue weighted by atomic mass is 9.89. The molecule has 1 aliphatic carbocycles. The molecule has 0 saturated carbocycles. The summed E-state index contributed by atoms with van der Waals surface area (Å²) in [5.74, 6) is 0.690. The first-order valence-electron chi connectivity index (χ1n) is 9.73. The van der Waals surface area contributed by atoms with E-state index in [9.17, 15) is 4.79 Å². The Morgan fingerprint density at radius 1 is 1.12 bits per heavy atom. The van der Waals surface area contributed by atoms with E-state index in [0.29, 0.717) is 0 Å². The average Bonchev–Trinajstić information content (AvgIpc) is 2.67. The lowest BCUT2D eigenvalue weighted by Crippen LogP contribution is -2.38. The Balaban J connectivity index is 1.67. The van der Waals surface area contributed by atoms with Gasteiger partial charge < -0.3 is 10.1 Å². The zero-order chi connectivity index (χ0) is 18.5. The van der Waals surface area contributed by atoms with Crippen LogP contribution in [0.4, 0.5) is 0 Å². The lowest BCUT2D eigenvalue weighted by Gasteiger charge is -2.23. The van der Waals surface area contributed by atoms with Gasteiger partial charge in [0.2, 0.25) is 0 Å². The summed E-state index contributed by atoms with van der Waals surface area (Å²) in [7, 11) is 0. The number of nitrogens with one attached hydrogen (secondary N) is 1. The van der Waals surface area contributed by atoms with Gasteiger partial charge in [0, 0.05) is 0 Å². The van der Waals surface area contributed by atoms with Gasteiger partial charge in [-0.3, -0.25) is 4.79 Å². The SMILES string of the molecule is CC[C@H](NC(=O)[C@H](C)Oc1ccccc1C)c1ccc2c(c1)CCCC2. The summed E-state index contributed by atoms with van der Waals surface area (Å²) < 4.78 is 5.87. The molecule has 0 fully saturated rings. The Hall–Kier alpha value is -2.29. The molecule has 3 nitrogen and oxygen atoms in total. The molecule has 0 spiro atoms. The van der Waals surface area contributed by atoms with Crippen molar-refractivity contribution in [1.29, 1.82) is 0 Å². The van der Waals surface area contributed by atoms with E-state index in [1.807, 2.05) is 31.2 Å². The zero-order valence-electron chi connectivity index (χ0n) is 16.0. The molecule has 2 aromatic rings. The summed E-state index contributed by atoms with van der Waals surface area (Å²) in [4.78, 5) is 12.7. The summed E-state index contributed by atoms with van der Waals surface area (Å²) in [6.07, 6.45) is 5.22. The van der Waals surface area contributed by atoms with Crippen LogP contribution in [0.3, 0.4) is 0 Å². The predicted molar refractivity (Wildman–Crippen MR) is 106 cm³/mol. The van der Waals surface area contributed by atoms with Gasteiger partial charge in [-0.05, 0) is 74.3 Å². The van der Waals surface area contributed by atoms with Crippen LogP contribution in [0.2, 0.25) is 0 Å². The van der Waals surface area contributed by atoms with Crippen LogP contribution in [0.25, 0.3) is 0 Å². The van der Waals surface area contributed by atoms with Crippen molar-refractivity contribution in [3.8, 4) is 5.75 Å². The molecule has 138 valence electrons. The smallest absolute Gasteiger partial charge is 0.261 e. The third-order valence-electron chi connectivity index (χ3n) is 5.27. The highest BCUT2D eigenvalue weighted by atomic mass is 16.5. The van der Waals surface area contributed by atoms with Crippen LogP contribution in [0.5, 0.6) is 5.75 Å². The summed E-state index contributed by atoms with van der Waals surface area (Å²) in [5, 5.41) is 3.17. The summed E-state index contributed by atoms with van der Waals surface area (Å²) in [6.45, 7) is 5.90. The van der Waals surface area contributed by atoms with E-state index in [0.717, 1.165) is 24.2 Å². The average molecular weight is 351 g/mol.